The summed E-state index contributed by atoms with van der Waals surface area (Å²) in [4.78, 5) is 0. The van der Waals surface area contributed by atoms with Crippen molar-refractivity contribution in [1.82, 2.24) is 0 Å². The number of hydrogen-bond donors (Lipinski definition) is 1. The molecule has 0 atom stereocenters. The van der Waals surface area contributed by atoms with Crippen LogP contribution in [0, 0.1) is 9.39 Å². The Kier molecular flexibility index (Phi) is 3.46. The molecule has 0 fully saturated rings. The van der Waals surface area contributed by atoms with E-state index in [1.165, 1.54) is 0 Å². The average molecular weight is 280 g/mol. The van der Waals surface area contributed by atoms with Crippen LogP contribution in [0.25, 0.3) is 0 Å². The van der Waals surface area contributed by atoms with Gasteiger partial charge >= 0.3 is 0 Å². The molecule has 0 heterocycles. The van der Waals surface area contributed by atoms with E-state index in [9.17, 15) is 4.39 Å². The van der Waals surface area contributed by atoms with E-state index in [2.05, 4.69) is 0 Å². The molecule has 0 spiro atoms. The maximum atomic E-state index is 13.2. The first-order valence-electron chi connectivity index (χ1n) is 3.76. The molecule has 12 heavy (non-hydrogen) atoms. The number of rotatable bonds is 2. The number of hydrogen-bond acceptors (Lipinski definition) is 1. The number of aliphatic hydroxyl groups excluding tert-OH is 1. The Balaban J connectivity index is 3.19. The lowest BCUT2D eigenvalue weighted by atomic mass is 10.1. The predicted octanol–water partition coefficient (Wildman–Crippen LogP) is 2.49. The monoisotopic (exact) mass is 280 g/mol. The summed E-state index contributed by atoms with van der Waals surface area (Å²) in [7, 11) is 0. The van der Waals surface area contributed by atoms with E-state index >= 15 is 0 Å². The van der Waals surface area contributed by atoms with Crippen molar-refractivity contribution in [3.63, 3.8) is 0 Å². The summed E-state index contributed by atoms with van der Waals surface area (Å²) >= 11 is 1.94. The summed E-state index contributed by atoms with van der Waals surface area (Å²) in [5.41, 5.74) is 1.45. The molecule has 66 valence electrons. The Morgan fingerprint density at radius 1 is 1.50 bits per heavy atom. The van der Waals surface area contributed by atoms with Crippen molar-refractivity contribution < 1.29 is 9.50 Å². The second-order valence-corrected chi connectivity index (χ2v) is 3.72. The number of benzene rings is 1. The Morgan fingerprint density at radius 2 is 2.17 bits per heavy atom. The molecule has 0 aliphatic rings. The fraction of sp³-hybridized carbons (Fsp3) is 0.333. The molecular weight excluding hydrogens is 270 g/mol. The van der Waals surface area contributed by atoms with Crippen molar-refractivity contribution in [3.05, 3.63) is 32.6 Å². The maximum absolute atomic E-state index is 13.2. The Bertz CT molecular complexity index is 286. The van der Waals surface area contributed by atoms with Crippen LogP contribution >= 0.6 is 22.6 Å². The van der Waals surface area contributed by atoms with Crippen LogP contribution in [0.2, 0.25) is 0 Å². The smallest absolute Gasteiger partial charge is 0.139 e. The van der Waals surface area contributed by atoms with Crippen molar-refractivity contribution in [2.45, 2.75) is 20.0 Å². The minimum absolute atomic E-state index is 0.0245. The molecule has 0 amide bonds. The molecule has 0 aliphatic heterocycles. The van der Waals surface area contributed by atoms with Crippen LogP contribution in [0.1, 0.15) is 18.1 Å². The van der Waals surface area contributed by atoms with Crippen molar-refractivity contribution in [2.24, 2.45) is 0 Å². The lowest BCUT2D eigenvalue weighted by Crippen LogP contribution is -1.95. The summed E-state index contributed by atoms with van der Waals surface area (Å²) in [6.07, 6.45) is 0.662. The normalized spacial score (nSPS) is 10.3. The van der Waals surface area contributed by atoms with Gasteiger partial charge in [0.25, 0.3) is 0 Å². The van der Waals surface area contributed by atoms with Crippen molar-refractivity contribution >= 4 is 22.6 Å². The first-order valence-corrected chi connectivity index (χ1v) is 4.84. The highest BCUT2D eigenvalue weighted by atomic mass is 127. The third-order valence-electron chi connectivity index (χ3n) is 1.73. The van der Waals surface area contributed by atoms with Gasteiger partial charge in [-0.15, -0.1) is 0 Å². The van der Waals surface area contributed by atoms with Crippen LogP contribution in [0.3, 0.4) is 0 Å². The van der Waals surface area contributed by atoms with E-state index in [1.807, 2.05) is 29.5 Å². The quantitative estimate of drug-likeness (QED) is 0.825. The van der Waals surface area contributed by atoms with Gasteiger partial charge in [0, 0.05) is 3.57 Å². The Hall–Kier alpha value is -0.160. The van der Waals surface area contributed by atoms with E-state index in [0.717, 1.165) is 5.56 Å². The lowest BCUT2D eigenvalue weighted by Gasteiger charge is -2.04. The molecule has 0 saturated heterocycles. The van der Waals surface area contributed by atoms with E-state index < -0.39 is 0 Å². The van der Waals surface area contributed by atoms with Crippen LogP contribution in [0.15, 0.2) is 12.1 Å². The standard InChI is InChI=1S/C9H10FIO/c1-2-7-3-6(5-12)4-8(11)9(7)10/h3-4,12H,2,5H2,1H3. The van der Waals surface area contributed by atoms with Crippen molar-refractivity contribution in [1.29, 1.82) is 0 Å². The van der Waals surface area contributed by atoms with Gasteiger partial charge in [-0.25, -0.2) is 4.39 Å². The van der Waals surface area contributed by atoms with Crippen LogP contribution in [0.5, 0.6) is 0 Å². The first kappa shape index (κ1) is 9.92. The van der Waals surface area contributed by atoms with Gasteiger partial charge < -0.3 is 5.11 Å². The summed E-state index contributed by atoms with van der Waals surface area (Å²) in [6.45, 7) is 1.87. The molecule has 1 nitrogen and oxygen atoms in total. The molecule has 1 aromatic rings. The minimum atomic E-state index is -0.157. The van der Waals surface area contributed by atoms with Crippen LogP contribution in [0.4, 0.5) is 4.39 Å². The fourth-order valence-corrected chi connectivity index (χ4v) is 1.80. The number of aliphatic hydroxyl groups is 1. The summed E-state index contributed by atoms with van der Waals surface area (Å²) in [5.74, 6) is -0.157. The zero-order valence-corrected chi connectivity index (χ0v) is 8.93. The minimum Gasteiger partial charge on any atom is -0.392 e. The molecule has 1 aromatic carbocycles. The Labute approximate surface area is 84.7 Å². The summed E-state index contributed by atoms with van der Waals surface area (Å²) in [6, 6.07) is 3.37. The van der Waals surface area contributed by atoms with Gasteiger partial charge in [-0.2, -0.15) is 0 Å². The van der Waals surface area contributed by atoms with Gasteiger partial charge in [-0.1, -0.05) is 13.0 Å². The summed E-state index contributed by atoms with van der Waals surface area (Å²) < 4.78 is 13.8. The van der Waals surface area contributed by atoms with Crippen LogP contribution in [-0.2, 0) is 13.0 Å². The second kappa shape index (κ2) is 4.18. The number of halogens is 2. The molecule has 0 saturated carbocycles. The van der Waals surface area contributed by atoms with Gasteiger partial charge in [-0.05, 0) is 46.2 Å². The molecule has 0 aliphatic carbocycles. The highest BCUT2D eigenvalue weighted by molar-refractivity contribution is 14.1. The maximum Gasteiger partial charge on any atom is 0.139 e. The largest absolute Gasteiger partial charge is 0.392 e. The Morgan fingerprint density at radius 3 is 2.67 bits per heavy atom. The highest BCUT2D eigenvalue weighted by Crippen LogP contribution is 2.18. The zero-order valence-electron chi connectivity index (χ0n) is 6.77. The first-order chi connectivity index (χ1) is 5.69. The van der Waals surface area contributed by atoms with Crippen molar-refractivity contribution in [3.8, 4) is 0 Å². The van der Waals surface area contributed by atoms with Gasteiger partial charge in [0.1, 0.15) is 5.82 Å². The third-order valence-corrected chi connectivity index (χ3v) is 2.51. The topological polar surface area (TPSA) is 20.2 Å². The van der Waals surface area contributed by atoms with Crippen LogP contribution < -0.4 is 0 Å². The van der Waals surface area contributed by atoms with Gasteiger partial charge in [0.2, 0.25) is 0 Å². The third kappa shape index (κ3) is 1.95. The summed E-state index contributed by atoms with van der Waals surface area (Å²) in [5, 5.41) is 8.85. The van der Waals surface area contributed by atoms with E-state index in [0.29, 0.717) is 15.6 Å². The molecule has 0 radical (unpaired) electrons. The predicted molar refractivity (Wildman–Crippen MR) is 54.4 cm³/mol. The van der Waals surface area contributed by atoms with E-state index in [4.69, 9.17) is 5.11 Å². The molecule has 0 unspecified atom stereocenters. The van der Waals surface area contributed by atoms with Gasteiger partial charge in [-0.3, -0.25) is 0 Å². The van der Waals surface area contributed by atoms with Crippen molar-refractivity contribution in [2.75, 3.05) is 0 Å². The molecule has 0 aromatic heterocycles. The second-order valence-electron chi connectivity index (χ2n) is 2.56. The molecule has 0 bridgehead atoms. The number of aryl methyl sites for hydroxylation is 1. The molecular formula is C9H10FIO. The van der Waals surface area contributed by atoms with Gasteiger partial charge in [0.05, 0.1) is 6.61 Å². The van der Waals surface area contributed by atoms with E-state index in [-0.39, 0.29) is 12.4 Å². The van der Waals surface area contributed by atoms with Gasteiger partial charge in [0.15, 0.2) is 0 Å². The van der Waals surface area contributed by atoms with E-state index in [1.54, 1.807) is 12.1 Å². The average Bonchev–Trinajstić information content (AvgIpc) is 2.09. The molecule has 1 rings (SSSR count). The molecule has 3 heteroatoms. The lowest BCUT2D eigenvalue weighted by molar-refractivity contribution is 0.281. The van der Waals surface area contributed by atoms with Crippen LogP contribution in [-0.4, -0.2) is 5.11 Å². The zero-order chi connectivity index (χ0) is 9.14. The SMILES string of the molecule is CCc1cc(CO)cc(I)c1F. The fourth-order valence-electron chi connectivity index (χ4n) is 1.06. The molecule has 1 N–H and O–H groups in total. The highest BCUT2D eigenvalue weighted by Gasteiger charge is 2.06.